The number of hydrogen-bond donors (Lipinski definition) is 1. The molecule has 0 spiro atoms. The first-order valence-electron chi connectivity index (χ1n) is 10.4. The van der Waals surface area contributed by atoms with Crippen molar-refractivity contribution in [3.63, 3.8) is 0 Å². The minimum Gasteiger partial charge on any atom is -0.373 e. The van der Waals surface area contributed by atoms with E-state index in [1.54, 1.807) is 0 Å². The fourth-order valence-corrected chi connectivity index (χ4v) is 4.00. The van der Waals surface area contributed by atoms with Crippen LogP contribution in [0.25, 0.3) is 0 Å². The summed E-state index contributed by atoms with van der Waals surface area (Å²) in [6.45, 7) is 11.5. The van der Waals surface area contributed by atoms with Crippen LogP contribution in [0, 0.1) is 18.8 Å². The predicted molar refractivity (Wildman–Crippen MR) is 109 cm³/mol. The van der Waals surface area contributed by atoms with E-state index in [0.717, 1.165) is 51.1 Å². The molecular formula is C22H35N3O. The van der Waals surface area contributed by atoms with Crippen LogP contribution in [-0.4, -0.2) is 43.6 Å². The molecule has 26 heavy (non-hydrogen) atoms. The Morgan fingerprint density at radius 3 is 2.62 bits per heavy atom. The molecule has 2 fully saturated rings. The first-order valence-corrected chi connectivity index (χ1v) is 10.4. The Morgan fingerprint density at radius 1 is 1.19 bits per heavy atom. The SMILES string of the molecule is CCNC(=NCC1CCCOC1c1ccc(C)cc1)N1CCC(C)CC1. The van der Waals surface area contributed by atoms with Crippen LogP contribution >= 0.6 is 0 Å². The highest BCUT2D eigenvalue weighted by Crippen LogP contribution is 2.34. The van der Waals surface area contributed by atoms with Gasteiger partial charge in [-0.3, -0.25) is 4.99 Å². The zero-order valence-corrected chi connectivity index (χ0v) is 16.7. The molecule has 2 atom stereocenters. The Bertz CT molecular complexity index is 576. The van der Waals surface area contributed by atoms with E-state index in [9.17, 15) is 0 Å². The number of nitrogens with zero attached hydrogens (tertiary/aromatic N) is 2. The minimum atomic E-state index is 0.178. The molecule has 0 radical (unpaired) electrons. The first kappa shape index (κ1) is 19.2. The summed E-state index contributed by atoms with van der Waals surface area (Å²) in [5.74, 6) is 2.39. The van der Waals surface area contributed by atoms with Crippen molar-refractivity contribution in [2.45, 2.75) is 52.6 Å². The molecule has 2 aliphatic heterocycles. The molecular weight excluding hydrogens is 322 g/mol. The van der Waals surface area contributed by atoms with Crippen molar-refractivity contribution in [1.29, 1.82) is 0 Å². The standard InChI is InChI=1S/C22H35N3O/c1-4-23-22(25-13-11-18(3)12-14-25)24-16-20-6-5-15-26-21(20)19-9-7-17(2)8-10-19/h7-10,18,20-21H,4-6,11-16H2,1-3H3,(H,23,24). The van der Waals surface area contributed by atoms with Gasteiger partial charge >= 0.3 is 0 Å². The summed E-state index contributed by atoms with van der Waals surface area (Å²) >= 11 is 0. The van der Waals surface area contributed by atoms with Gasteiger partial charge in [0.15, 0.2) is 5.96 Å². The second-order valence-electron chi connectivity index (χ2n) is 7.97. The predicted octanol–water partition coefficient (Wildman–Crippen LogP) is 4.16. The van der Waals surface area contributed by atoms with Crippen LogP contribution in [0.2, 0.25) is 0 Å². The molecule has 0 saturated carbocycles. The molecule has 2 saturated heterocycles. The number of nitrogens with one attached hydrogen (secondary N) is 1. The van der Waals surface area contributed by atoms with Gasteiger partial charge in [0.1, 0.15) is 0 Å². The summed E-state index contributed by atoms with van der Waals surface area (Å²) in [7, 11) is 0. The Labute approximate surface area is 159 Å². The quantitative estimate of drug-likeness (QED) is 0.649. The lowest BCUT2D eigenvalue weighted by molar-refractivity contribution is -0.0251. The van der Waals surface area contributed by atoms with E-state index in [4.69, 9.17) is 9.73 Å². The maximum Gasteiger partial charge on any atom is 0.193 e. The molecule has 4 heteroatoms. The van der Waals surface area contributed by atoms with E-state index in [2.05, 4.69) is 55.3 Å². The molecule has 2 heterocycles. The van der Waals surface area contributed by atoms with Gasteiger partial charge in [-0.25, -0.2) is 0 Å². The number of aryl methyl sites for hydroxylation is 1. The number of rotatable bonds is 4. The average Bonchev–Trinajstić information content (AvgIpc) is 2.67. The Hall–Kier alpha value is -1.55. The van der Waals surface area contributed by atoms with E-state index in [0.29, 0.717) is 5.92 Å². The van der Waals surface area contributed by atoms with Crippen molar-refractivity contribution in [3.05, 3.63) is 35.4 Å². The molecule has 0 bridgehead atoms. The van der Waals surface area contributed by atoms with E-state index < -0.39 is 0 Å². The number of likely N-dealkylation sites (tertiary alicyclic amines) is 1. The fraction of sp³-hybridized carbons (Fsp3) is 0.682. The van der Waals surface area contributed by atoms with Crippen LogP contribution in [-0.2, 0) is 4.74 Å². The number of piperidine rings is 1. The lowest BCUT2D eigenvalue weighted by Gasteiger charge is -2.34. The van der Waals surface area contributed by atoms with Crippen LogP contribution in [0.1, 0.15) is 56.8 Å². The van der Waals surface area contributed by atoms with Gasteiger partial charge in [-0.15, -0.1) is 0 Å². The molecule has 4 nitrogen and oxygen atoms in total. The molecule has 1 aromatic carbocycles. The summed E-state index contributed by atoms with van der Waals surface area (Å²) in [5, 5.41) is 3.50. The van der Waals surface area contributed by atoms with Crippen molar-refractivity contribution in [2.75, 3.05) is 32.8 Å². The maximum atomic E-state index is 6.17. The Morgan fingerprint density at radius 2 is 1.92 bits per heavy atom. The highest BCUT2D eigenvalue weighted by atomic mass is 16.5. The third kappa shape index (κ3) is 5.00. The van der Waals surface area contributed by atoms with Crippen molar-refractivity contribution in [2.24, 2.45) is 16.8 Å². The van der Waals surface area contributed by atoms with Crippen molar-refractivity contribution in [1.82, 2.24) is 10.2 Å². The highest BCUT2D eigenvalue weighted by Gasteiger charge is 2.28. The summed E-state index contributed by atoms with van der Waals surface area (Å²) in [6.07, 6.45) is 5.04. The van der Waals surface area contributed by atoms with Gasteiger partial charge < -0.3 is 15.0 Å². The van der Waals surface area contributed by atoms with Gasteiger partial charge in [0.05, 0.1) is 6.10 Å². The van der Waals surface area contributed by atoms with Gasteiger partial charge in [0.25, 0.3) is 0 Å². The largest absolute Gasteiger partial charge is 0.373 e. The summed E-state index contributed by atoms with van der Waals surface area (Å²) in [4.78, 5) is 7.47. The molecule has 2 aliphatic rings. The van der Waals surface area contributed by atoms with Crippen LogP contribution < -0.4 is 5.32 Å². The zero-order valence-electron chi connectivity index (χ0n) is 16.7. The Balaban J connectivity index is 1.68. The van der Waals surface area contributed by atoms with E-state index in [1.165, 1.54) is 30.4 Å². The maximum absolute atomic E-state index is 6.17. The molecule has 2 unspecified atom stereocenters. The number of benzene rings is 1. The van der Waals surface area contributed by atoms with Gasteiger partial charge in [-0.2, -0.15) is 0 Å². The fourth-order valence-electron chi connectivity index (χ4n) is 4.00. The number of guanidine groups is 1. The molecule has 1 aromatic rings. The van der Waals surface area contributed by atoms with E-state index in [-0.39, 0.29) is 6.10 Å². The molecule has 1 N–H and O–H groups in total. The number of hydrogen-bond acceptors (Lipinski definition) is 2. The average molecular weight is 358 g/mol. The van der Waals surface area contributed by atoms with Gasteiger partial charge in [-0.1, -0.05) is 36.8 Å². The first-order chi connectivity index (χ1) is 12.7. The second kappa shape index (κ2) is 9.40. The van der Waals surface area contributed by atoms with E-state index >= 15 is 0 Å². The smallest absolute Gasteiger partial charge is 0.193 e. The molecule has 144 valence electrons. The van der Waals surface area contributed by atoms with Crippen LogP contribution in [0.15, 0.2) is 29.3 Å². The lowest BCUT2D eigenvalue weighted by Crippen LogP contribution is -2.45. The van der Waals surface area contributed by atoms with E-state index in [1.807, 2.05) is 0 Å². The third-order valence-corrected chi connectivity index (χ3v) is 5.74. The minimum absolute atomic E-state index is 0.178. The molecule has 0 aliphatic carbocycles. The number of aliphatic imine (C=N–C) groups is 1. The molecule has 0 aromatic heterocycles. The monoisotopic (exact) mass is 357 g/mol. The van der Waals surface area contributed by atoms with Gasteiger partial charge in [0, 0.05) is 38.7 Å². The second-order valence-corrected chi connectivity index (χ2v) is 7.97. The third-order valence-electron chi connectivity index (χ3n) is 5.74. The zero-order chi connectivity index (χ0) is 18.4. The lowest BCUT2D eigenvalue weighted by atomic mass is 9.89. The van der Waals surface area contributed by atoms with Crippen molar-refractivity contribution in [3.8, 4) is 0 Å². The van der Waals surface area contributed by atoms with Crippen LogP contribution in [0.3, 0.4) is 0 Å². The summed E-state index contributed by atoms with van der Waals surface area (Å²) in [6, 6.07) is 8.82. The van der Waals surface area contributed by atoms with Gasteiger partial charge in [0.2, 0.25) is 0 Å². The molecule has 0 amide bonds. The van der Waals surface area contributed by atoms with Gasteiger partial charge in [-0.05, 0) is 51.0 Å². The molecule has 3 rings (SSSR count). The normalized spacial score (nSPS) is 25.3. The highest BCUT2D eigenvalue weighted by molar-refractivity contribution is 5.80. The van der Waals surface area contributed by atoms with Crippen molar-refractivity contribution < 1.29 is 4.74 Å². The Kier molecular flexibility index (Phi) is 6.95. The topological polar surface area (TPSA) is 36.9 Å². The number of ether oxygens (including phenoxy) is 1. The van der Waals surface area contributed by atoms with Crippen LogP contribution in [0.5, 0.6) is 0 Å². The summed E-state index contributed by atoms with van der Waals surface area (Å²) < 4.78 is 6.17. The summed E-state index contributed by atoms with van der Waals surface area (Å²) in [5.41, 5.74) is 2.60. The van der Waals surface area contributed by atoms with Crippen molar-refractivity contribution >= 4 is 5.96 Å². The van der Waals surface area contributed by atoms with Crippen LogP contribution in [0.4, 0.5) is 0 Å².